The minimum atomic E-state index is -4.69. The first kappa shape index (κ1) is 23.3. The van der Waals surface area contributed by atoms with Crippen LogP contribution in [-0.2, 0) is 15.9 Å². The number of thioether (sulfide) groups is 1. The number of rotatable bonds is 6. The van der Waals surface area contributed by atoms with E-state index in [0.717, 1.165) is 0 Å². The number of nitrogens with zero attached hydrogens (tertiary/aromatic N) is 1. The highest BCUT2D eigenvalue weighted by atomic mass is 32.2. The fraction of sp³-hybridized carbons (Fsp3) is 0.300. The van der Waals surface area contributed by atoms with Crippen molar-refractivity contribution >= 4 is 31.4 Å². The maximum absolute atomic E-state index is 14.4. The molecule has 0 aliphatic carbocycles. The van der Waals surface area contributed by atoms with Gasteiger partial charge >= 0.3 is 7.82 Å². The predicted molar refractivity (Wildman–Crippen MR) is 114 cm³/mol. The van der Waals surface area contributed by atoms with Crippen LogP contribution < -0.4 is 9.84 Å². The SMILES string of the molecule is Cc1cccc(CN2CCSC[C@H](NC(=O)c3ccc(OP(=O)(O)O)cc3)C2=O)c1F. The van der Waals surface area contributed by atoms with Gasteiger partial charge in [-0.2, -0.15) is 11.8 Å². The minimum absolute atomic E-state index is 0.0858. The van der Waals surface area contributed by atoms with Gasteiger partial charge in [-0.3, -0.25) is 19.4 Å². The van der Waals surface area contributed by atoms with Crippen molar-refractivity contribution in [3.63, 3.8) is 0 Å². The Morgan fingerprint density at radius 3 is 2.68 bits per heavy atom. The molecule has 8 nitrogen and oxygen atoms in total. The molecule has 0 saturated carbocycles. The number of amides is 2. The Bertz CT molecular complexity index is 1010. The summed E-state index contributed by atoms with van der Waals surface area (Å²) in [5.74, 6) is -0.176. The van der Waals surface area contributed by atoms with E-state index in [1.54, 1.807) is 30.0 Å². The smallest absolute Gasteiger partial charge is 0.404 e. The summed E-state index contributed by atoms with van der Waals surface area (Å²) in [5, 5.41) is 2.70. The number of benzene rings is 2. The van der Waals surface area contributed by atoms with E-state index in [9.17, 15) is 18.5 Å². The van der Waals surface area contributed by atoms with E-state index >= 15 is 0 Å². The van der Waals surface area contributed by atoms with Gasteiger partial charge in [0, 0.05) is 35.7 Å². The first-order chi connectivity index (χ1) is 14.6. The second kappa shape index (κ2) is 9.82. The molecule has 0 unspecified atom stereocenters. The average Bonchev–Trinajstić information content (AvgIpc) is 2.87. The Morgan fingerprint density at radius 2 is 2.00 bits per heavy atom. The van der Waals surface area contributed by atoms with Gasteiger partial charge in [0.2, 0.25) is 5.91 Å². The first-order valence-electron chi connectivity index (χ1n) is 9.40. The molecule has 0 bridgehead atoms. The third-order valence-electron chi connectivity index (χ3n) is 4.68. The molecule has 2 aromatic rings. The summed E-state index contributed by atoms with van der Waals surface area (Å²) in [7, 11) is -4.69. The van der Waals surface area contributed by atoms with Crippen LogP contribution in [0.4, 0.5) is 4.39 Å². The molecule has 0 aromatic heterocycles. The highest BCUT2D eigenvalue weighted by Gasteiger charge is 2.29. The predicted octanol–water partition coefficient (Wildman–Crippen LogP) is 2.48. The summed E-state index contributed by atoms with van der Waals surface area (Å²) in [6, 6.07) is 9.46. The Kier molecular flexibility index (Phi) is 7.38. The van der Waals surface area contributed by atoms with Crippen LogP contribution in [0.25, 0.3) is 0 Å². The van der Waals surface area contributed by atoms with Crippen LogP contribution >= 0.6 is 19.6 Å². The van der Waals surface area contributed by atoms with Crippen molar-refractivity contribution in [3.05, 3.63) is 65.0 Å². The van der Waals surface area contributed by atoms with Gasteiger partial charge in [0.25, 0.3) is 5.91 Å². The van der Waals surface area contributed by atoms with Crippen molar-refractivity contribution in [1.29, 1.82) is 0 Å². The van der Waals surface area contributed by atoms with E-state index in [-0.39, 0.29) is 29.6 Å². The molecule has 1 saturated heterocycles. The summed E-state index contributed by atoms with van der Waals surface area (Å²) in [5.41, 5.74) is 1.13. The Morgan fingerprint density at radius 1 is 1.29 bits per heavy atom. The number of aryl methyl sites for hydroxylation is 1. The van der Waals surface area contributed by atoms with E-state index in [4.69, 9.17) is 9.79 Å². The molecule has 3 N–H and O–H groups in total. The largest absolute Gasteiger partial charge is 0.524 e. The summed E-state index contributed by atoms with van der Waals surface area (Å²) in [6.45, 7) is 2.23. The first-order valence-corrected chi connectivity index (χ1v) is 12.1. The highest BCUT2D eigenvalue weighted by Crippen LogP contribution is 2.37. The van der Waals surface area contributed by atoms with Crippen molar-refractivity contribution < 1.29 is 32.9 Å². The number of carbonyl (C=O) groups is 2. The topological polar surface area (TPSA) is 116 Å². The Hall–Kier alpha value is -2.39. The molecule has 1 aliphatic heterocycles. The van der Waals surface area contributed by atoms with Gasteiger partial charge in [0.15, 0.2) is 0 Å². The van der Waals surface area contributed by atoms with Gasteiger partial charge in [-0.25, -0.2) is 8.96 Å². The maximum atomic E-state index is 14.4. The van der Waals surface area contributed by atoms with Gasteiger partial charge in [0.1, 0.15) is 17.6 Å². The number of carbonyl (C=O) groups excluding carboxylic acids is 2. The van der Waals surface area contributed by atoms with E-state index < -0.39 is 19.8 Å². The van der Waals surface area contributed by atoms with Crippen LogP contribution in [0.5, 0.6) is 5.75 Å². The second-order valence-corrected chi connectivity index (χ2v) is 9.33. The summed E-state index contributed by atoms with van der Waals surface area (Å²) < 4.78 is 29.7. The zero-order valence-corrected chi connectivity index (χ0v) is 18.4. The van der Waals surface area contributed by atoms with Crippen LogP contribution in [0, 0.1) is 12.7 Å². The molecule has 2 aromatic carbocycles. The van der Waals surface area contributed by atoms with Crippen LogP contribution in [0.3, 0.4) is 0 Å². The molecule has 166 valence electrons. The lowest BCUT2D eigenvalue weighted by molar-refractivity contribution is -0.132. The van der Waals surface area contributed by atoms with E-state index in [1.165, 1.54) is 36.0 Å². The van der Waals surface area contributed by atoms with Gasteiger partial charge < -0.3 is 14.7 Å². The van der Waals surface area contributed by atoms with E-state index in [1.807, 2.05) is 0 Å². The van der Waals surface area contributed by atoms with Crippen LogP contribution in [0.15, 0.2) is 42.5 Å². The van der Waals surface area contributed by atoms with Gasteiger partial charge in [-0.05, 0) is 36.8 Å². The molecule has 31 heavy (non-hydrogen) atoms. The molecule has 11 heteroatoms. The molecule has 1 heterocycles. The van der Waals surface area contributed by atoms with Gasteiger partial charge in [-0.1, -0.05) is 18.2 Å². The Balaban J connectivity index is 1.68. The number of hydrogen-bond donors (Lipinski definition) is 3. The highest BCUT2D eigenvalue weighted by molar-refractivity contribution is 7.99. The zero-order chi connectivity index (χ0) is 22.6. The lowest BCUT2D eigenvalue weighted by atomic mass is 10.1. The van der Waals surface area contributed by atoms with Crippen molar-refractivity contribution in [2.24, 2.45) is 0 Å². The van der Waals surface area contributed by atoms with Crippen molar-refractivity contribution in [3.8, 4) is 5.75 Å². The molecule has 0 radical (unpaired) electrons. The number of hydrogen-bond acceptors (Lipinski definition) is 5. The van der Waals surface area contributed by atoms with Crippen LogP contribution in [-0.4, -0.2) is 50.6 Å². The molecular formula is C20H22FN2O6PS. The molecule has 0 spiro atoms. The average molecular weight is 468 g/mol. The number of nitrogens with one attached hydrogen (secondary N) is 1. The fourth-order valence-electron chi connectivity index (χ4n) is 3.12. The monoisotopic (exact) mass is 468 g/mol. The fourth-order valence-corrected chi connectivity index (χ4v) is 4.49. The number of phosphoric acid groups is 1. The lowest BCUT2D eigenvalue weighted by Gasteiger charge is -2.25. The van der Waals surface area contributed by atoms with E-state index in [0.29, 0.717) is 29.2 Å². The normalized spacial score (nSPS) is 17.2. The standard InChI is InChI=1S/C20H22FN2O6PS/c1-13-3-2-4-15(18(13)21)11-23-9-10-31-12-17(20(23)25)22-19(24)14-5-7-16(8-6-14)29-30(26,27)28/h2-8,17H,9-12H2,1H3,(H,22,24)(H2,26,27,28)/t17-/m0/s1. The van der Waals surface area contributed by atoms with E-state index in [2.05, 4.69) is 9.84 Å². The number of phosphoric ester groups is 1. The summed E-state index contributed by atoms with van der Waals surface area (Å²) >= 11 is 1.52. The third kappa shape index (κ3) is 6.30. The zero-order valence-electron chi connectivity index (χ0n) is 16.7. The number of halogens is 1. The molecule has 2 amide bonds. The lowest BCUT2D eigenvalue weighted by Crippen LogP contribution is -2.48. The molecule has 1 fully saturated rings. The van der Waals surface area contributed by atoms with Gasteiger partial charge in [-0.15, -0.1) is 0 Å². The Labute approximate surface area is 183 Å². The molecule has 1 atom stereocenters. The quantitative estimate of drug-likeness (QED) is 0.558. The van der Waals surface area contributed by atoms with Crippen molar-refractivity contribution in [2.45, 2.75) is 19.5 Å². The summed E-state index contributed by atoms with van der Waals surface area (Å²) in [4.78, 5) is 44.8. The summed E-state index contributed by atoms with van der Waals surface area (Å²) in [6.07, 6.45) is 0. The van der Waals surface area contributed by atoms with Crippen LogP contribution in [0.2, 0.25) is 0 Å². The third-order valence-corrected chi connectivity index (χ3v) is 6.17. The molecule has 1 aliphatic rings. The molecular weight excluding hydrogens is 446 g/mol. The van der Waals surface area contributed by atoms with Crippen molar-refractivity contribution in [1.82, 2.24) is 10.2 Å². The van der Waals surface area contributed by atoms with Gasteiger partial charge in [0.05, 0.1) is 0 Å². The molecule has 3 rings (SSSR count). The maximum Gasteiger partial charge on any atom is 0.524 e. The second-order valence-electron chi connectivity index (χ2n) is 7.02. The minimum Gasteiger partial charge on any atom is -0.404 e. The van der Waals surface area contributed by atoms with Crippen molar-refractivity contribution in [2.75, 3.05) is 18.1 Å². The van der Waals surface area contributed by atoms with Crippen LogP contribution in [0.1, 0.15) is 21.5 Å².